The predicted octanol–water partition coefficient (Wildman–Crippen LogP) is 3.51. The van der Waals surface area contributed by atoms with Crippen molar-refractivity contribution in [1.29, 1.82) is 0 Å². The van der Waals surface area contributed by atoms with Crippen molar-refractivity contribution in [2.45, 2.75) is 26.3 Å². The number of hydrogen-bond acceptors (Lipinski definition) is 4. The molecule has 114 valence electrons. The van der Waals surface area contributed by atoms with Gasteiger partial charge < -0.3 is 10.6 Å². The molecule has 0 saturated carbocycles. The third-order valence-corrected chi connectivity index (χ3v) is 3.69. The molecule has 2 N–H and O–H groups in total. The van der Waals surface area contributed by atoms with Gasteiger partial charge in [0, 0.05) is 25.2 Å². The van der Waals surface area contributed by atoms with Gasteiger partial charge >= 0.3 is 0 Å². The molecule has 22 heavy (non-hydrogen) atoms. The summed E-state index contributed by atoms with van der Waals surface area (Å²) in [5.41, 5.74) is 3.28. The molecule has 0 fully saturated rings. The fraction of sp³-hybridized carbons (Fsp3) is 0.294. The molecule has 0 atom stereocenters. The largest absolute Gasteiger partial charge is 0.373 e. The highest BCUT2D eigenvalue weighted by molar-refractivity contribution is 5.60. The zero-order valence-corrected chi connectivity index (χ0v) is 13.2. The Hall–Kier alpha value is -2.56. The second-order valence-electron chi connectivity index (χ2n) is 5.61. The SMILES string of the molecule is CNc1cc(NCc2ccccc2)n2ncc(C(C)C)c2n1. The molecule has 0 bridgehead atoms. The van der Waals surface area contributed by atoms with Crippen molar-refractivity contribution < 1.29 is 0 Å². The van der Waals surface area contributed by atoms with E-state index in [1.54, 1.807) is 0 Å². The summed E-state index contributed by atoms with van der Waals surface area (Å²) in [6, 6.07) is 12.3. The summed E-state index contributed by atoms with van der Waals surface area (Å²) in [5, 5.41) is 11.1. The third kappa shape index (κ3) is 2.74. The minimum atomic E-state index is 0.388. The highest BCUT2D eigenvalue weighted by Gasteiger charge is 2.13. The van der Waals surface area contributed by atoms with Crippen molar-refractivity contribution in [3.8, 4) is 0 Å². The molecule has 0 aliphatic rings. The Kier molecular flexibility index (Phi) is 3.96. The summed E-state index contributed by atoms with van der Waals surface area (Å²) in [7, 11) is 1.88. The smallest absolute Gasteiger partial charge is 0.163 e. The van der Waals surface area contributed by atoms with Crippen LogP contribution in [0.5, 0.6) is 0 Å². The highest BCUT2D eigenvalue weighted by atomic mass is 15.3. The fourth-order valence-corrected chi connectivity index (χ4v) is 2.43. The first kappa shape index (κ1) is 14.4. The molecule has 2 heterocycles. The Morgan fingerprint density at radius 2 is 1.95 bits per heavy atom. The van der Waals surface area contributed by atoms with Gasteiger partial charge in [0.15, 0.2) is 5.65 Å². The lowest BCUT2D eigenvalue weighted by atomic mass is 10.1. The number of nitrogens with zero attached hydrogens (tertiary/aromatic N) is 3. The van der Waals surface area contributed by atoms with Crippen LogP contribution in [0.1, 0.15) is 30.9 Å². The summed E-state index contributed by atoms with van der Waals surface area (Å²) in [4.78, 5) is 4.64. The van der Waals surface area contributed by atoms with Crippen LogP contribution >= 0.6 is 0 Å². The third-order valence-electron chi connectivity index (χ3n) is 3.69. The maximum absolute atomic E-state index is 4.64. The predicted molar refractivity (Wildman–Crippen MR) is 90.4 cm³/mol. The van der Waals surface area contributed by atoms with Crippen molar-refractivity contribution in [2.75, 3.05) is 17.7 Å². The maximum Gasteiger partial charge on any atom is 0.163 e. The second kappa shape index (κ2) is 6.05. The van der Waals surface area contributed by atoms with Gasteiger partial charge in [0.1, 0.15) is 11.6 Å². The van der Waals surface area contributed by atoms with Gasteiger partial charge in [-0.05, 0) is 11.5 Å². The molecule has 0 spiro atoms. The van der Waals surface area contributed by atoms with Crippen LogP contribution in [-0.2, 0) is 6.54 Å². The lowest BCUT2D eigenvalue weighted by Crippen LogP contribution is -2.08. The number of aromatic nitrogens is 3. The molecule has 0 unspecified atom stereocenters. The highest BCUT2D eigenvalue weighted by Crippen LogP contribution is 2.24. The molecule has 0 amide bonds. The van der Waals surface area contributed by atoms with Gasteiger partial charge in [-0.2, -0.15) is 9.61 Å². The Morgan fingerprint density at radius 3 is 2.64 bits per heavy atom. The van der Waals surface area contributed by atoms with Crippen LogP contribution in [0, 0.1) is 0 Å². The molecule has 0 radical (unpaired) electrons. The number of rotatable bonds is 5. The molecule has 2 aromatic heterocycles. The van der Waals surface area contributed by atoms with Crippen LogP contribution in [0.4, 0.5) is 11.6 Å². The Labute approximate surface area is 130 Å². The summed E-state index contributed by atoms with van der Waals surface area (Å²) < 4.78 is 1.87. The van der Waals surface area contributed by atoms with E-state index in [1.165, 1.54) is 5.56 Å². The first-order valence-corrected chi connectivity index (χ1v) is 7.53. The van der Waals surface area contributed by atoms with Crippen molar-refractivity contribution in [2.24, 2.45) is 0 Å². The minimum Gasteiger partial charge on any atom is -0.373 e. The number of hydrogen-bond donors (Lipinski definition) is 2. The zero-order valence-electron chi connectivity index (χ0n) is 13.2. The van der Waals surface area contributed by atoms with Crippen LogP contribution in [0.2, 0.25) is 0 Å². The van der Waals surface area contributed by atoms with Crippen LogP contribution in [0.15, 0.2) is 42.6 Å². The van der Waals surface area contributed by atoms with E-state index < -0.39 is 0 Å². The van der Waals surface area contributed by atoms with Crippen LogP contribution in [0.3, 0.4) is 0 Å². The summed E-state index contributed by atoms with van der Waals surface area (Å²) in [5.74, 6) is 2.16. The van der Waals surface area contributed by atoms with Crippen LogP contribution in [0.25, 0.3) is 5.65 Å². The van der Waals surface area contributed by atoms with Crippen molar-refractivity contribution in [3.63, 3.8) is 0 Å². The average Bonchev–Trinajstić information content (AvgIpc) is 2.97. The van der Waals surface area contributed by atoms with E-state index in [1.807, 2.05) is 42.0 Å². The molecule has 0 aliphatic heterocycles. The molecule has 5 heteroatoms. The van der Waals surface area contributed by atoms with Crippen molar-refractivity contribution in [3.05, 3.63) is 53.7 Å². The van der Waals surface area contributed by atoms with Crippen LogP contribution < -0.4 is 10.6 Å². The quantitative estimate of drug-likeness (QED) is 0.756. The number of nitrogens with one attached hydrogen (secondary N) is 2. The molecule has 0 aliphatic carbocycles. The molecule has 3 aromatic rings. The Balaban J connectivity index is 1.97. The topological polar surface area (TPSA) is 54.2 Å². The zero-order chi connectivity index (χ0) is 15.5. The van der Waals surface area contributed by atoms with Crippen molar-refractivity contribution >= 4 is 17.3 Å². The van der Waals surface area contributed by atoms with E-state index in [9.17, 15) is 0 Å². The Bertz CT molecular complexity index is 761. The molecular formula is C17H21N5. The van der Waals surface area contributed by atoms with Gasteiger partial charge in [0.25, 0.3) is 0 Å². The number of fused-ring (bicyclic) bond motifs is 1. The van der Waals surface area contributed by atoms with E-state index in [2.05, 4.69) is 46.7 Å². The molecule has 3 rings (SSSR count). The maximum atomic E-state index is 4.64. The minimum absolute atomic E-state index is 0.388. The standard InChI is InChI=1S/C17H21N5/c1-12(2)14-11-20-22-16(9-15(18-3)21-17(14)22)19-10-13-7-5-4-6-8-13/h4-9,11-12,19H,10H2,1-3H3,(H,18,21). The monoisotopic (exact) mass is 295 g/mol. The van der Waals surface area contributed by atoms with Crippen molar-refractivity contribution in [1.82, 2.24) is 14.6 Å². The first-order valence-electron chi connectivity index (χ1n) is 7.53. The Morgan fingerprint density at radius 1 is 1.18 bits per heavy atom. The van der Waals surface area contributed by atoms with Gasteiger partial charge in [-0.1, -0.05) is 44.2 Å². The van der Waals surface area contributed by atoms with E-state index in [-0.39, 0.29) is 0 Å². The van der Waals surface area contributed by atoms with E-state index in [0.717, 1.165) is 29.4 Å². The number of benzene rings is 1. The summed E-state index contributed by atoms with van der Waals surface area (Å²) in [6.45, 7) is 5.06. The number of anilines is 2. The summed E-state index contributed by atoms with van der Waals surface area (Å²) in [6.07, 6.45) is 1.90. The van der Waals surface area contributed by atoms with Gasteiger partial charge in [0.05, 0.1) is 6.20 Å². The normalized spacial score (nSPS) is 11.1. The summed E-state index contributed by atoms with van der Waals surface area (Å²) >= 11 is 0. The van der Waals surface area contributed by atoms with Gasteiger partial charge in [-0.25, -0.2) is 4.98 Å². The average molecular weight is 295 g/mol. The molecule has 0 saturated heterocycles. The van der Waals surface area contributed by atoms with Gasteiger partial charge in [0.2, 0.25) is 0 Å². The van der Waals surface area contributed by atoms with Gasteiger partial charge in [-0.3, -0.25) is 0 Å². The lowest BCUT2D eigenvalue weighted by Gasteiger charge is -2.11. The molecular weight excluding hydrogens is 274 g/mol. The van der Waals surface area contributed by atoms with E-state index in [0.29, 0.717) is 5.92 Å². The molecule has 5 nitrogen and oxygen atoms in total. The van der Waals surface area contributed by atoms with Crippen LogP contribution in [-0.4, -0.2) is 21.6 Å². The second-order valence-corrected chi connectivity index (χ2v) is 5.61. The molecule has 1 aromatic carbocycles. The first-order chi connectivity index (χ1) is 10.7. The fourth-order valence-electron chi connectivity index (χ4n) is 2.43. The van der Waals surface area contributed by atoms with Gasteiger partial charge in [-0.15, -0.1) is 0 Å². The van der Waals surface area contributed by atoms with E-state index in [4.69, 9.17) is 0 Å². The lowest BCUT2D eigenvalue weighted by molar-refractivity contribution is 0.872. The van der Waals surface area contributed by atoms with E-state index >= 15 is 0 Å².